The van der Waals surface area contributed by atoms with Crippen molar-refractivity contribution in [2.45, 2.75) is 90.3 Å². The molecule has 0 aliphatic carbocycles. The maximum absolute atomic E-state index is 6.83. The predicted octanol–water partition coefficient (Wildman–Crippen LogP) is 4.98. The summed E-state index contributed by atoms with van der Waals surface area (Å²) in [5.74, 6) is 0. The quantitative estimate of drug-likeness (QED) is 0.567. The van der Waals surface area contributed by atoms with Crippen LogP contribution in [0, 0.1) is 0 Å². The highest BCUT2D eigenvalue weighted by Crippen LogP contribution is 2.36. The Hall–Kier alpha value is 0.394. The molecule has 0 radical (unpaired) electrons. The van der Waals surface area contributed by atoms with Crippen molar-refractivity contribution in [2.75, 3.05) is 0 Å². The molecule has 0 aliphatic rings. The van der Waals surface area contributed by atoms with E-state index < -0.39 is 17.1 Å². The Bertz CT molecular complexity index is 200. The first kappa shape index (κ1) is 17.4. The molecule has 0 rings (SSSR count). The van der Waals surface area contributed by atoms with Gasteiger partial charge in [0.1, 0.15) is 0 Å². The van der Waals surface area contributed by atoms with Crippen LogP contribution in [0.15, 0.2) is 0 Å². The molecule has 4 atom stereocenters. The standard InChI is InChI=1S/C14H34OSi2/c1-9-13(5)17(8,12-4)15-14(6,10-2)16(7)11-3/h13,16H,9-12H2,1-8H3/t13-,14?,16?,17?/m1/s1. The first-order valence-corrected chi connectivity index (χ1v) is 12.7. The normalized spacial score (nSPS) is 22.6. The molecule has 1 nitrogen and oxygen atoms in total. The average Bonchev–Trinajstić information content (AvgIpc) is 2.35. The topological polar surface area (TPSA) is 9.23 Å². The van der Waals surface area contributed by atoms with Gasteiger partial charge in [0.15, 0.2) is 8.32 Å². The molecule has 0 saturated carbocycles. The van der Waals surface area contributed by atoms with Gasteiger partial charge < -0.3 is 4.43 Å². The summed E-state index contributed by atoms with van der Waals surface area (Å²) in [7, 11) is -2.29. The van der Waals surface area contributed by atoms with Crippen LogP contribution in [0.3, 0.4) is 0 Å². The lowest BCUT2D eigenvalue weighted by atomic mass is 10.3. The van der Waals surface area contributed by atoms with Crippen molar-refractivity contribution in [3.63, 3.8) is 0 Å². The third-order valence-corrected chi connectivity index (χ3v) is 14.1. The lowest BCUT2D eigenvalue weighted by Gasteiger charge is -2.44. The Morgan fingerprint density at radius 3 is 2.06 bits per heavy atom. The van der Waals surface area contributed by atoms with E-state index in [-0.39, 0.29) is 5.22 Å². The molecule has 0 aromatic rings. The summed E-state index contributed by atoms with van der Waals surface area (Å²) < 4.78 is 6.83. The Morgan fingerprint density at radius 2 is 1.76 bits per heavy atom. The van der Waals surface area contributed by atoms with Crippen LogP contribution in [-0.2, 0) is 4.43 Å². The minimum atomic E-state index is -1.53. The van der Waals surface area contributed by atoms with E-state index in [1.165, 1.54) is 24.9 Å². The van der Waals surface area contributed by atoms with Gasteiger partial charge in [-0.15, -0.1) is 0 Å². The predicted molar refractivity (Wildman–Crippen MR) is 85.1 cm³/mol. The van der Waals surface area contributed by atoms with E-state index in [4.69, 9.17) is 4.43 Å². The van der Waals surface area contributed by atoms with Gasteiger partial charge in [0, 0.05) is 5.22 Å². The fourth-order valence-electron chi connectivity index (χ4n) is 2.44. The van der Waals surface area contributed by atoms with Gasteiger partial charge in [-0.05, 0) is 31.5 Å². The van der Waals surface area contributed by atoms with E-state index >= 15 is 0 Å². The summed E-state index contributed by atoms with van der Waals surface area (Å²) in [6.07, 6.45) is 2.45. The Kier molecular flexibility index (Phi) is 7.26. The molecule has 0 N–H and O–H groups in total. The van der Waals surface area contributed by atoms with Crippen LogP contribution in [0.25, 0.3) is 0 Å². The second kappa shape index (κ2) is 7.10. The summed E-state index contributed by atoms with van der Waals surface area (Å²) in [5, 5.41) is 0.217. The van der Waals surface area contributed by atoms with Crippen LogP contribution in [0.1, 0.15) is 54.4 Å². The van der Waals surface area contributed by atoms with Gasteiger partial charge in [0.2, 0.25) is 0 Å². The van der Waals surface area contributed by atoms with Gasteiger partial charge in [-0.2, -0.15) is 0 Å². The summed E-state index contributed by atoms with van der Waals surface area (Å²) in [6.45, 7) is 19.0. The van der Waals surface area contributed by atoms with Gasteiger partial charge >= 0.3 is 0 Å². The lowest BCUT2D eigenvalue weighted by molar-refractivity contribution is 0.146. The fraction of sp³-hybridized carbons (Fsp3) is 1.00. The molecule has 0 aromatic carbocycles. The van der Waals surface area contributed by atoms with E-state index in [0.29, 0.717) is 0 Å². The van der Waals surface area contributed by atoms with Gasteiger partial charge in [0.05, 0.1) is 8.80 Å². The maximum atomic E-state index is 6.83. The zero-order valence-electron chi connectivity index (χ0n) is 13.4. The largest absolute Gasteiger partial charge is 0.415 e. The molecule has 3 unspecified atom stereocenters. The second-order valence-electron chi connectivity index (χ2n) is 6.05. The van der Waals surface area contributed by atoms with Crippen molar-refractivity contribution in [1.82, 2.24) is 0 Å². The third-order valence-electron chi connectivity index (χ3n) is 5.18. The van der Waals surface area contributed by atoms with Crippen molar-refractivity contribution in [1.29, 1.82) is 0 Å². The molecule has 3 heteroatoms. The first-order chi connectivity index (χ1) is 7.79. The van der Waals surface area contributed by atoms with E-state index in [0.717, 1.165) is 5.54 Å². The van der Waals surface area contributed by atoms with Crippen molar-refractivity contribution < 1.29 is 4.43 Å². The van der Waals surface area contributed by atoms with Gasteiger partial charge in [0.25, 0.3) is 0 Å². The number of hydrogen-bond acceptors (Lipinski definition) is 1. The summed E-state index contributed by atoms with van der Waals surface area (Å²) >= 11 is 0. The van der Waals surface area contributed by atoms with Gasteiger partial charge in [-0.1, -0.05) is 53.6 Å². The zero-order chi connectivity index (χ0) is 13.7. The highest BCUT2D eigenvalue weighted by molar-refractivity contribution is 6.75. The molecule has 0 heterocycles. The average molecular weight is 275 g/mol. The minimum absolute atomic E-state index is 0.217. The van der Waals surface area contributed by atoms with Crippen molar-refractivity contribution in [2.24, 2.45) is 0 Å². The fourth-order valence-corrected chi connectivity index (χ4v) is 8.73. The molecule has 0 aliphatic heterocycles. The number of rotatable bonds is 8. The summed E-state index contributed by atoms with van der Waals surface area (Å²) in [5.41, 5.74) is 0.774. The van der Waals surface area contributed by atoms with Crippen molar-refractivity contribution in [3.05, 3.63) is 0 Å². The molecule has 0 amide bonds. The Morgan fingerprint density at radius 1 is 1.24 bits per heavy atom. The highest BCUT2D eigenvalue weighted by Gasteiger charge is 2.41. The third kappa shape index (κ3) is 4.21. The molecule has 0 bridgehead atoms. The molecule has 17 heavy (non-hydrogen) atoms. The summed E-state index contributed by atoms with van der Waals surface area (Å²) in [4.78, 5) is 0. The van der Waals surface area contributed by atoms with Crippen molar-refractivity contribution in [3.8, 4) is 0 Å². The van der Waals surface area contributed by atoms with E-state index in [2.05, 4.69) is 54.6 Å². The molecular formula is C14H34OSi2. The van der Waals surface area contributed by atoms with Crippen molar-refractivity contribution >= 4 is 17.1 Å². The van der Waals surface area contributed by atoms with E-state index in [1.54, 1.807) is 0 Å². The van der Waals surface area contributed by atoms with E-state index in [9.17, 15) is 0 Å². The minimum Gasteiger partial charge on any atom is -0.415 e. The van der Waals surface area contributed by atoms with Gasteiger partial charge in [-0.3, -0.25) is 0 Å². The molecular weight excluding hydrogens is 240 g/mol. The zero-order valence-corrected chi connectivity index (χ0v) is 15.5. The number of hydrogen-bond donors (Lipinski definition) is 0. The van der Waals surface area contributed by atoms with Gasteiger partial charge in [-0.25, -0.2) is 0 Å². The maximum Gasteiger partial charge on any atom is 0.192 e. The smallest absolute Gasteiger partial charge is 0.192 e. The van der Waals surface area contributed by atoms with Crippen LogP contribution in [0.5, 0.6) is 0 Å². The SMILES string of the molecule is CC[C@@H](C)[Si](C)(CC)OC(C)(CC)[SiH](C)CC. The Labute approximate surface area is 112 Å². The van der Waals surface area contributed by atoms with E-state index in [1.807, 2.05) is 0 Å². The van der Waals surface area contributed by atoms with Crippen LogP contribution in [0.2, 0.25) is 30.7 Å². The first-order valence-electron chi connectivity index (χ1n) is 7.49. The van der Waals surface area contributed by atoms with Crippen LogP contribution >= 0.6 is 0 Å². The molecule has 0 aromatic heterocycles. The van der Waals surface area contributed by atoms with Crippen LogP contribution < -0.4 is 0 Å². The Balaban J connectivity index is 4.96. The van der Waals surface area contributed by atoms with Crippen LogP contribution in [-0.4, -0.2) is 22.3 Å². The lowest BCUT2D eigenvalue weighted by Crippen LogP contribution is -2.53. The molecule has 0 saturated heterocycles. The van der Waals surface area contributed by atoms with Crippen LogP contribution in [0.4, 0.5) is 0 Å². The summed E-state index contributed by atoms with van der Waals surface area (Å²) in [6, 6.07) is 2.60. The molecule has 0 fully saturated rings. The molecule has 104 valence electrons. The second-order valence-corrected chi connectivity index (χ2v) is 14.4. The highest BCUT2D eigenvalue weighted by atomic mass is 28.4. The molecule has 0 spiro atoms. The monoisotopic (exact) mass is 274 g/mol.